The number of hydrogen-bond acceptors (Lipinski definition) is 4. The number of aromatic nitrogens is 1. The molecule has 0 unspecified atom stereocenters. The van der Waals surface area contributed by atoms with Crippen molar-refractivity contribution in [3.63, 3.8) is 0 Å². The second-order valence-electron chi connectivity index (χ2n) is 4.18. The summed E-state index contributed by atoms with van der Waals surface area (Å²) in [6.45, 7) is 0. The van der Waals surface area contributed by atoms with E-state index >= 15 is 0 Å². The van der Waals surface area contributed by atoms with Crippen molar-refractivity contribution < 1.29 is 9.53 Å². The van der Waals surface area contributed by atoms with Gasteiger partial charge in [0.1, 0.15) is 0 Å². The van der Waals surface area contributed by atoms with Gasteiger partial charge >= 0.3 is 0 Å². The Hall–Kier alpha value is -1.88. The van der Waals surface area contributed by atoms with Crippen LogP contribution in [0.15, 0.2) is 23.6 Å². The van der Waals surface area contributed by atoms with Crippen molar-refractivity contribution in [1.82, 2.24) is 4.98 Å². The molecule has 0 saturated heterocycles. The van der Waals surface area contributed by atoms with Crippen LogP contribution in [0.5, 0.6) is 5.19 Å². The minimum atomic E-state index is 0.137. The highest BCUT2D eigenvalue weighted by Gasteiger charge is 2.24. The Morgan fingerprint density at radius 1 is 1.44 bits per heavy atom. The minimum absolute atomic E-state index is 0.137. The third kappa shape index (κ3) is 1.67. The van der Waals surface area contributed by atoms with E-state index in [0.717, 1.165) is 22.5 Å². The fraction of sp³-hybridized carbons (Fsp3) is 0.231. The smallest absolute Gasteiger partial charge is 0.273 e. The van der Waals surface area contributed by atoms with E-state index in [1.54, 1.807) is 19.1 Å². The van der Waals surface area contributed by atoms with Crippen LogP contribution in [0, 0.1) is 0 Å². The van der Waals surface area contributed by atoms with Crippen LogP contribution in [0.2, 0.25) is 0 Å². The first-order chi connectivity index (χ1) is 8.69. The van der Waals surface area contributed by atoms with Crippen molar-refractivity contribution in [2.75, 3.05) is 19.1 Å². The number of amides is 1. The number of anilines is 1. The summed E-state index contributed by atoms with van der Waals surface area (Å²) in [4.78, 5) is 17.7. The maximum Gasteiger partial charge on any atom is 0.273 e. The lowest BCUT2D eigenvalue weighted by atomic mass is 10.1. The lowest BCUT2D eigenvalue weighted by Gasteiger charge is -2.09. The Labute approximate surface area is 109 Å². The average Bonchev–Trinajstić information content (AvgIpc) is 2.95. The van der Waals surface area contributed by atoms with Gasteiger partial charge in [0.15, 0.2) is 0 Å². The van der Waals surface area contributed by atoms with Gasteiger partial charge in [-0.15, -0.1) is 0 Å². The summed E-state index contributed by atoms with van der Waals surface area (Å²) in [7, 11) is 3.42. The number of carbonyl (C=O) groups excluding carboxylic acids is 1. The van der Waals surface area contributed by atoms with Gasteiger partial charge in [-0.1, -0.05) is 17.4 Å². The second kappa shape index (κ2) is 4.10. The van der Waals surface area contributed by atoms with Crippen LogP contribution in [-0.2, 0) is 11.2 Å². The van der Waals surface area contributed by atoms with Gasteiger partial charge in [-0.05, 0) is 17.7 Å². The molecular formula is C13H12N2O2S. The van der Waals surface area contributed by atoms with Gasteiger partial charge in [-0.25, -0.2) is 4.98 Å². The molecule has 0 atom stereocenters. The summed E-state index contributed by atoms with van der Waals surface area (Å²) >= 11 is 1.47. The van der Waals surface area contributed by atoms with Crippen molar-refractivity contribution in [2.45, 2.75) is 6.42 Å². The van der Waals surface area contributed by atoms with E-state index < -0.39 is 0 Å². The topological polar surface area (TPSA) is 42.4 Å². The molecule has 0 aliphatic carbocycles. The molecule has 0 radical (unpaired) electrons. The largest absolute Gasteiger partial charge is 0.473 e. The van der Waals surface area contributed by atoms with Gasteiger partial charge in [0.2, 0.25) is 5.91 Å². The molecule has 0 N–H and O–H groups in total. The number of rotatable bonds is 2. The normalized spacial score (nSPS) is 13.9. The maximum absolute atomic E-state index is 11.6. The van der Waals surface area contributed by atoms with E-state index in [4.69, 9.17) is 4.74 Å². The first-order valence-electron chi connectivity index (χ1n) is 5.58. The summed E-state index contributed by atoms with van der Waals surface area (Å²) < 4.78 is 5.09. The molecular weight excluding hydrogens is 248 g/mol. The summed E-state index contributed by atoms with van der Waals surface area (Å²) in [5.74, 6) is 0.137. The van der Waals surface area contributed by atoms with Crippen molar-refractivity contribution in [3.8, 4) is 16.5 Å². The molecule has 1 aromatic heterocycles. The molecule has 5 heteroatoms. The van der Waals surface area contributed by atoms with Crippen molar-refractivity contribution in [2.24, 2.45) is 0 Å². The molecule has 0 bridgehead atoms. The molecule has 4 nitrogen and oxygen atoms in total. The van der Waals surface area contributed by atoms with Gasteiger partial charge in [-0.2, -0.15) is 0 Å². The number of hydrogen-bond donors (Lipinski definition) is 0. The Bertz CT molecular complexity index is 621. The molecule has 3 rings (SSSR count). The summed E-state index contributed by atoms with van der Waals surface area (Å²) in [5, 5.41) is 2.61. The maximum atomic E-state index is 11.6. The van der Waals surface area contributed by atoms with E-state index in [1.165, 1.54) is 11.3 Å². The highest BCUT2D eigenvalue weighted by Crippen LogP contribution is 2.33. The molecule has 0 saturated carbocycles. The predicted octanol–water partition coefficient (Wildman–Crippen LogP) is 2.34. The number of methoxy groups -OCH3 is 1. The van der Waals surface area contributed by atoms with Crippen LogP contribution >= 0.6 is 11.3 Å². The fourth-order valence-corrected chi connectivity index (χ4v) is 2.76. The van der Waals surface area contributed by atoms with Crippen LogP contribution in [0.4, 0.5) is 5.69 Å². The number of benzene rings is 1. The number of carbonyl (C=O) groups is 1. The quantitative estimate of drug-likeness (QED) is 0.832. The Balaban J connectivity index is 2.01. The molecule has 1 amide bonds. The molecule has 92 valence electrons. The SMILES string of the molecule is COc1nc(-c2ccc3c(c2)CC(=O)N3C)cs1. The zero-order chi connectivity index (χ0) is 12.7. The second-order valence-corrected chi connectivity index (χ2v) is 5.00. The molecule has 0 spiro atoms. The zero-order valence-electron chi connectivity index (χ0n) is 10.1. The Morgan fingerprint density at radius 2 is 2.28 bits per heavy atom. The molecule has 1 aliphatic rings. The first-order valence-corrected chi connectivity index (χ1v) is 6.46. The molecule has 0 fully saturated rings. The number of nitrogens with zero attached hydrogens (tertiary/aromatic N) is 2. The molecule has 18 heavy (non-hydrogen) atoms. The van der Waals surface area contributed by atoms with Crippen LogP contribution < -0.4 is 9.64 Å². The van der Waals surface area contributed by atoms with Crippen molar-refractivity contribution >= 4 is 22.9 Å². The van der Waals surface area contributed by atoms with Gasteiger partial charge in [0.25, 0.3) is 5.19 Å². The molecule has 2 heterocycles. The summed E-state index contributed by atoms with van der Waals surface area (Å²) in [6.07, 6.45) is 0.473. The third-order valence-corrected chi connectivity index (χ3v) is 3.91. The minimum Gasteiger partial charge on any atom is -0.473 e. The van der Waals surface area contributed by atoms with E-state index in [9.17, 15) is 4.79 Å². The summed E-state index contributed by atoms with van der Waals surface area (Å²) in [5.41, 5.74) is 3.97. The van der Waals surface area contributed by atoms with Gasteiger partial charge in [-0.3, -0.25) is 4.79 Å². The van der Waals surface area contributed by atoms with E-state index in [-0.39, 0.29) is 5.91 Å². The number of likely N-dealkylation sites (N-methyl/N-ethyl adjacent to an activating group) is 1. The van der Waals surface area contributed by atoms with E-state index in [2.05, 4.69) is 4.98 Å². The lowest BCUT2D eigenvalue weighted by Crippen LogP contribution is -2.20. The Morgan fingerprint density at radius 3 is 3.00 bits per heavy atom. The summed E-state index contributed by atoms with van der Waals surface area (Å²) in [6, 6.07) is 6.00. The highest BCUT2D eigenvalue weighted by atomic mass is 32.1. The Kier molecular flexibility index (Phi) is 2.56. The van der Waals surface area contributed by atoms with E-state index in [1.807, 2.05) is 23.6 Å². The van der Waals surface area contributed by atoms with Gasteiger partial charge in [0, 0.05) is 23.7 Å². The average molecular weight is 260 g/mol. The zero-order valence-corrected chi connectivity index (χ0v) is 11.0. The van der Waals surface area contributed by atoms with Gasteiger partial charge in [0.05, 0.1) is 19.2 Å². The van der Waals surface area contributed by atoms with Crippen LogP contribution in [0.1, 0.15) is 5.56 Å². The van der Waals surface area contributed by atoms with Crippen LogP contribution in [0.25, 0.3) is 11.3 Å². The molecule has 1 aliphatic heterocycles. The van der Waals surface area contributed by atoms with Crippen LogP contribution in [0.3, 0.4) is 0 Å². The van der Waals surface area contributed by atoms with Crippen molar-refractivity contribution in [1.29, 1.82) is 0 Å². The van der Waals surface area contributed by atoms with E-state index in [0.29, 0.717) is 11.6 Å². The number of fused-ring (bicyclic) bond motifs is 1. The highest BCUT2D eigenvalue weighted by molar-refractivity contribution is 7.11. The monoisotopic (exact) mass is 260 g/mol. The third-order valence-electron chi connectivity index (χ3n) is 3.11. The number of thiazole rings is 1. The fourth-order valence-electron chi connectivity index (χ4n) is 2.11. The standard InChI is InChI=1S/C13H12N2O2S/c1-15-11-4-3-8(5-9(11)6-12(15)16)10-7-18-13(14-10)17-2/h3-5,7H,6H2,1-2H3. The molecule has 2 aromatic rings. The van der Waals surface area contributed by atoms with Gasteiger partial charge < -0.3 is 9.64 Å². The predicted molar refractivity (Wildman–Crippen MR) is 71.2 cm³/mol. The number of ether oxygens (including phenoxy) is 1. The van der Waals surface area contributed by atoms with Crippen molar-refractivity contribution in [3.05, 3.63) is 29.1 Å². The first kappa shape index (κ1) is 11.2. The molecule has 1 aromatic carbocycles. The lowest BCUT2D eigenvalue weighted by molar-refractivity contribution is -0.117. The van der Waals surface area contributed by atoms with Crippen LogP contribution in [-0.4, -0.2) is 25.0 Å².